The van der Waals surface area contributed by atoms with Gasteiger partial charge in [0, 0.05) is 18.3 Å². The number of ketones is 1. The Morgan fingerprint density at radius 2 is 2.00 bits per heavy atom. The van der Waals surface area contributed by atoms with Crippen LogP contribution in [-0.4, -0.2) is 10.8 Å². The molecule has 1 fully saturated rings. The summed E-state index contributed by atoms with van der Waals surface area (Å²) in [7, 11) is 0. The molecule has 0 aliphatic heterocycles. The van der Waals surface area contributed by atoms with Crippen LogP contribution in [0.5, 0.6) is 0 Å². The SMILES string of the molecule is CC1(C)C(C(=O)C(C#N)c2cccnc2)C1(C)C. The number of hydrogen-bond acceptors (Lipinski definition) is 3. The molecule has 3 heteroatoms. The van der Waals surface area contributed by atoms with Gasteiger partial charge < -0.3 is 0 Å². The summed E-state index contributed by atoms with van der Waals surface area (Å²) in [5, 5.41) is 9.27. The molecule has 18 heavy (non-hydrogen) atoms. The molecule has 0 spiro atoms. The molecule has 2 rings (SSSR count). The van der Waals surface area contributed by atoms with E-state index in [1.165, 1.54) is 0 Å². The Labute approximate surface area is 108 Å². The smallest absolute Gasteiger partial charge is 0.158 e. The summed E-state index contributed by atoms with van der Waals surface area (Å²) in [6.07, 6.45) is 3.25. The van der Waals surface area contributed by atoms with Crippen LogP contribution in [0.2, 0.25) is 0 Å². The monoisotopic (exact) mass is 242 g/mol. The van der Waals surface area contributed by atoms with Crippen molar-refractivity contribution >= 4 is 5.78 Å². The molecule has 1 aliphatic rings. The zero-order valence-corrected chi connectivity index (χ0v) is 11.3. The van der Waals surface area contributed by atoms with Crippen molar-refractivity contribution in [2.24, 2.45) is 16.7 Å². The van der Waals surface area contributed by atoms with E-state index in [0.29, 0.717) is 5.56 Å². The zero-order valence-electron chi connectivity index (χ0n) is 11.3. The molecule has 1 heterocycles. The summed E-state index contributed by atoms with van der Waals surface area (Å²) in [5.74, 6) is -0.708. The van der Waals surface area contributed by atoms with Crippen LogP contribution in [-0.2, 0) is 4.79 Å². The van der Waals surface area contributed by atoms with Gasteiger partial charge in [0.05, 0.1) is 6.07 Å². The minimum atomic E-state index is -0.690. The first kappa shape index (κ1) is 12.8. The van der Waals surface area contributed by atoms with Crippen LogP contribution < -0.4 is 0 Å². The average Bonchev–Trinajstić information content (AvgIpc) is 2.71. The lowest BCUT2D eigenvalue weighted by Gasteiger charge is -2.09. The highest BCUT2D eigenvalue weighted by Gasteiger charge is 2.68. The maximum atomic E-state index is 12.5. The zero-order chi connectivity index (χ0) is 13.6. The lowest BCUT2D eigenvalue weighted by Crippen LogP contribution is -2.16. The normalized spacial score (nSPS) is 21.9. The molecule has 1 aromatic heterocycles. The van der Waals surface area contributed by atoms with Gasteiger partial charge in [-0.25, -0.2) is 0 Å². The summed E-state index contributed by atoms with van der Waals surface area (Å²) in [6, 6.07) is 5.68. The lowest BCUT2D eigenvalue weighted by molar-refractivity contribution is -0.121. The van der Waals surface area contributed by atoms with Gasteiger partial charge in [0.15, 0.2) is 5.78 Å². The summed E-state index contributed by atoms with van der Waals surface area (Å²) >= 11 is 0. The number of rotatable bonds is 3. The largest absolute Gasteiger partial charge is 0.297 e. The lowest BCUT2D eigenvalue weighted by atomic mass is 9.91. The standard InChI is InChI=1S/C15H18N2O/c1-14(2)13(15(14,3)4)12(18)11(8-16)10-6-5-7-17-9-10/h5-7,9,11,13H,1-4H3. The fraction of sp³-hybridized carbons (Fsp3) is 0.533. The Hall–Kier alpha value is -1.69. The maximum Gasteiger partial charge on any atom is 0.158 e. The molecular formula is C15H18N2O. The number of carbonyl (C=O) groups excluding carboxylic acids is 1. The van der Waals surface area contributed by atoms with Gasteiger partial charge in [-0.05, 0) is 22.5 Å². The van der Waals surface area contributed by atoms with Crippen molar-refractivity contribution in [3.8, 4) is 6.07 Å². The molecule has 0 radical (unpaired) electrons. The quantitative estimate of drug-likeness (QED) is 0.818. The highest BCUT2D eigenvalue weighted by Crippen LogP contribution is 2.69. The van der Waals surface area contributed by atoms with E-state index < -0.39 is 5.92 Å². The first-order valence-corrected chi connectivity index (χ1v) is 6.17. The van der Waals surface area contributed by atoms with Crippen molar-refractivity contribution in [3.05, 3.63) is 30.1 Å². The van der Waals surface area contributed by atoms with Gasteiger partial charge in [0.1, 0.15) is 5.92 Å². The number of hydrogen-bond donors (Lipinski definition) is 0. The van der Waals surface area contributed by atoms with E-state index in [4.69, 9.17) is 0 Å². The van der Waals surface area contributed by atoms with Gasteiger partial charge in [-0.3, -0.25) is 9.78 Å². The van der Waals surface area contributed by atoms with Gasteiger partial charge >= 0.3 is 0 Å². The molecule has 1 atom stereocenters. The van der Waals surface area contributed by atoms with E-state index >= 15 is 0 Å². The Balaban J connectivity index is 2.28. The van der Waals surface area contributed by atoms with Crippen molar-refractivity contribution < 1.29 is 4.79 Å². The Kier molecular flexibility index (Phi) is 2.77. The predicted molar refractivity (Wildman–Crippen MR) is 68.7 cm³/mol. The van der Waals surface area contributed by atoms with Crippen LogP contribution in [0.15, 0.2) is 24.5 Å². The van der Waals surface area contributed by atoms with Crippen LogP contribution in [0, 0.1) is 28.1 Å². The highest BCUT2D eigenvalue weighted by molar-refractivity contribution is 5.94. The van der Waals surface area contributed by atoms with E-state index in [1.54, 1.807) is 24.5 Å². The topological polar surface area (TPSA) is 53.8 Å². The molecule has 1 unspecified atom stereocenters. The number of aromatic nitrogens is 1. The van der Waals surface area contributed by atoms with Crippen molar-refractivity contribution in [1.29, 1.82) is 5.26 Å². The molecule has 0 saturated heterocycles. The van der Waals surface area contributed by atoms with Gasteiger partial charge in [0.25, 0.3) is 0 Å². The molecular weight excluding hydrogens is 224 g/mol. The minimum absolute atomic E-state index is 0.0264. The van der Waals surface area contributed by atoms with E-state index in [0.717, 1.165) is 0 Å². The first-order chi connectivity index (χ1) is 8.34. The number of Topliss-reactive ketones (excluding diaryl/α,β-unsaturated/α-hetero) is 1. The number of nitriles is 1. The van der Waals surface area contributed by atoms with Crippen LogP contribution >= 0.6 is 0 Å². The molecule has 3 nitrogen and oxygen atoms in total. The second-order valence-corrected chi connectivity index (χ2v) is 6.13. The molecule has 94 valence electrons. The van der Waals surface area contributed by atoms with Crippen molar-refractivity contribution in [2.75, 3.05) is 0 Å². The molecule has 0 N–H and O–H groups in total. The molecule has 0 amide bonds. The van der Waals surface area contributed by atoms with E-state index in [9.17, 15) is 10.1 Å². The molecule has 0 bridgehead atoms. The van der Waals surface area contributed by atoms with Crippen LogP contribution in [0.1, 0.15) is 39.2 Å². The van der Waals surface area contributed by atoms with Crippen LogP contribution in [0.3, 0.4) is 0 Å². The van der Waals surface area contributed by atoms with E-state index in [1.807, 2.05) is 0 Å². The summed E-state index contributed by atoms with van der Waals surface area (Å²) in [4.78, 5) is 16.5. The third-order valence-corrected chi connectivity index (χ3v) is 4.74. The van der Waals surface area contributed by atoms with E-state index in [2.05, 4.69) is 38.7 Å². The van der Waals surface area contributed by atoms with Crippen molar-refractivity contribution in [2.45, 2.75) is 33.6 Å². The summed E-state index contributed by atoms with van der Waals surface area (Å²) in [5.41, 5.74) is 0.645. The van der Waals surface area contributed by atoms with Gasteiger partial charge in [-0.15, -0.1) is 0 Å². The number of nitrogens with zero attached hydrogens (tertiary/aromatic N) is 2. The van der Waals surface area contributed by atoms with Gasteiger partial charge in [0.2, 0.25) is 0 Å². The Morgan fingerprint density at radius 3 is 2.39 bits per heavy atom. The van der Waals surface area contributed by atoms with Crippen LogP contribution in [0.4, 0.5) is 0 Å². The second kappa shape index (κ2) is 3.91. The molecule has 1 aromatic rings. The summed E-state index contributed by atoms with van der Waals surface area (Å²) < 4.78 is 0. The van der Waals surface area contributed by atoms with Crippen molar-refractivity contribution in [3.63, 3.8) is 0 Å². The van der Waals surface area contributed by atoms with Crippen molar-refractivity contribution in [1.82, 2.24) is 4.98 Å². The third-order valence-electron chi connectivity index (χ3n) is 4.74. The average molecular weight is 242 g/mol. The highest BCUT2D eigenvalue weighted by atomic mass is 16.1. The minimum Gasteiger partial charge on any atom is -0.297 e. The second-order valence-electron chi connectivity index (χ2n) is 6.13. The van der Waals surface area contributed by atoms with Gasteiger partial charge in [-0.1, -0.05) is 33.8 Å². The summed E-state index contributed by atoms with van der Waals surface area (Å²) in [6.45, 7) is 8.36. The molecule has 1 saturated carbocycles. The fourth-order valence-electron chi connectivity index (χ4n) is 2.92. The predicted octanol–water partition coefficient (Wildman–Crippen LogP) is 2.94. The molecule has 1 aliphatic carbocycles. The third kappa shape index (κ3) is 1.64. The Morgan fingerprint density at radius 1 is 1.39 bits per heavy atom. The van der Waals surface area contributed by atoms with Gasteiger partial charge in [-0.2, -0.15) is 5.26 Å². The number of pyridine rings is 1. The number of carbonyl (C=O) groups is 1. The fourth-order valence-corrected chi connectivity index (χ4v) is 2.92. The van der Waals surface area contributed by atoms with E-state index in [-0.39, 0.29) is 22.5 Å². The maximum absolute atomic E-state index is 12.5. The first-order valence-electron chi connectivity index (χ1n) is 6.17. The molecule has 0 aromatic carbocycles. The van der Waals surface area contributed by atoms with Crippen LogP contribution in [0.25, 0.3) is 0 Å². The Bertz CT molecular complexity index is 497.